The standard InChI is InChI=1S/C27H34N4O5S2/c1-4-20-8-5-6-15-31(20)38(33,34)21-11-9-19(10-12-21)26(32)30(14-7-13-29(2)3)27-28-22-16-23-24(36-18-35-23)17-25(22)37-27/h9-12,16-17,20H,4-8,13-15,18H2,1-3H3/t20-/m1/s1. The summed E-state index contributed by atoms with van der Waals surface area (Å²) in [6.07, 6.45) is 4.36. The average Bonchev–Trinajstić information content (AvgIpc) is 3.55. The minimum absolute atomic E-state index is 0.0263. The van der Waals surface area contributed by atoms with E-state index < -0.39 is 10.0 Å². The first-order valence-electron chi connectivity index (χ1n) is 13.1. The molecule has 11 heteroatoms. The van der Waals surface area contributed by atoms with Crippen molar-refractivity contribution in [2.45, 2.75) is 50.0 Å². The summed E-state index contributed by atoms with van der Waals surface area (Å²) in [4.78, 5) is 22.5. The van der Waals surface area contributed by atoms with Crippen LogP contribution in [0.3, 0.4) is 0 Å². The van der Waals surface area contributed by atoms with Gasteiger partial charge in [-0.3, -0.25) is 9.69 Å². The molecule has 1 fully saturated rings. The van der Waals surface area contributed by atoms with Crippen molar-refractivity contribution in [2.24, 2.45) is 0 Å². The van der Waals surface area contributed by atoms with Gasteiger partial charge in [0.15, 0.2) is 16.6 Å². The van der Waals surface area contributed by atoms with Crippen LogP contribution in [-0.2, 0) is 10.0 Å². The lowest BCUT2D eigenvalue weighted by Gasteiger charge is -2.34. The zero-order valence-corrected chi connectivity index (χ0v) is 23.7. The maximum absolute atomic E-state index is 13.7. The Morgan fingerprint density at radius 1 is 1.11 bits per heavy atom. The maximum atomic E-state index is 13.7. The zero-order chi connectivity index (χ0) is 26.9. The van der Waals surface area contributed by atoms with Crippen LogP contribution < -0.4 is 14.4 Å². The van der Waals surface area contributed by atoms with Gasteiger partial charge in [-0.25, -0.2) is 13.4 Å². The van der Waals surface area contributed by atoms with Gasteiger partial charge in [0.05, 0.1) is 15.1 Å². The topological polar surface area (TPSA) is 92.3 Å². The van der Waals surface area contributed by atoms with Crippen molar-refractivity contribution in [2.75, 3.05) is 45.4 Å². The third-order valence-corrected chi connectivity index (χ3v) is 10.1. The van der Waals surface area contributed by atoms with E-state index in [1.54, 1.807) is 33.5 Å². The Kier molecular flexibility index (Phi) is 7.90. The predicted octanol–water partition coefficient (Wildman–Crippen LogP) is 4.58. The predicted molar refractivity (Wildman–Crippen MR) is 149 cm³/mol. The highest BCUT2D eigenvalue weighted by atomic mass is 32.2. The molecule has 0 N–H and O–H groups in total. The zero-order valence-electron chi connectivity index (χ0n) is 22.1. The minimum Gasteiger partial charge on any atom is -0.454 e. The normalized spacial score (nSPS) is 17.8. The van der Waals surface area contributed by atoms with Crippen LogP contribution in [0.15, 0.2) is 41.3 Å². The summed E-state index contributed by atoms with van der Waals surface area (Å²) in [5.74, 6) is 1.11. The molecule has 1 amide bonds. The van der Waals surface area contributed by atoms with Gasteiger partial charge in [0, 0.05) is 36.8 Å². The first-order chi connectivity index (χ1) is 18.3. The summed E-state index contributed by atoms with van der Waals surface area (Å²) >= 11 is 1.42. The highest BCUT2D eigenvalue weighted by Crippen LogP contribution is 2.40. The SMILES string of the molecule is CC[C@@H]1CCCCN1S(=O)(=O)c1ccc(C(=O)N(CCCN(C)C)c2nc3cc4c(cc3s2)OCO4)cc1. The molecule has 3 heterocycles. The Labute approximate surface area is 228 Å². The van der Waals surface area contributed by atoms with Crippen molar-refractivity contribution < 1.29 is 22.7 Å². The average molecular weight is 559 g/mol. The Bertz CT molecular complexity index is 1360. The Hall–Kier alpha value is -2.73. The lowest BCUT2D eigenvalue weighted by atomic mass is 10.0. The van der Waals surface area contributed by atoms with Crippen LogP contribution >= 0.6 is 11.3 Å². The number of carbonyl (C=O) groups excluding carboxylic acids is 1. The van der Waals surface area contributed by atoms with Crippen LogP contribution in [0, 0.1) is 0 Å². The molecule has 38 heavy (non-hydrogen) atoms. The van der Waals surface area contributed by atoms with Crippen LogP contribution in [0.25, 0.3) is 10.2 Å². The van der Waals surface area contributed by atoms with Gasteiger partial charge < -0.3 is 14.4 Å². The molecule has 2 aliphatic heterocycles. The van der Waals surface area contributed by atoms with E-state index in [-0.39, 0.29) is 23.6 Å². The van der Waals surface area contributed by atoms with Crippen molar-refractivity contribution in [3.05, 3.63) is 42.0 Å². The number of hydrogen-bond donors (Lipinski definition) is 0. The number of ether oxygens (including phenoxy) is 2. The van der Waals surface area contributed by atoms with E-state index in [0.29, 0.717) is 35.3 Å². The van der Waals surface area contributed by atoms with Crippen LogP contribution in [0.4, 0.5) is 5.13 Å². The van der Waals surface area contributed by atoms with Crippen molar-refractivity contribution in [1.29, 1.82) is 0 Å². The quantitative estimate of drug-likeness (QED) is 0.380. The number of amides is 1. The molecule has 0 spiro atoms. The van der Waals surface area contributed by atoms with Crippen LogP contribution in [0.1, 0.15) is 49.4 Å². The number of thiazole rings is 1. The van der Waals surface area contributed by atoms with Gasteiger partial charge in [-0.05, 0) is 70.6 Å². The van der Waals surface area contributed by atoms with Gasteiger partial charge in [0.2, 0.25) is 16.8 Å². The fourth-order valence-electron chi connectivity index (χ4n) is 5.01. The molecule has 9 nitrogen and oxygen atoms in total. The van der Waals surface area contributed by atoms with Crippen molar-refractivity contribution in [3.63, 3.8) is 0 Å². The van der Waals surface area contributed by atoms with Gasteiger partial charge in [-0.1, -0.05) is 24.7 Å². The third kappa shape index (κ3) is 5.38. The molecule has 3 aromatic rings. The van der Waals surface area contributed by atoms with Crippen molar-refractivity contribution in [1.82, 2.24) is 14.2 Å². The molecular formula is C27H34N4O5S2. The molecule has 0 bridgehead atoms. The van der Waals surface area contributed by atoms with Gasteiger partial charge in [-0.2, -0.15) is 4.31 Å². The number of aromatic nitrogens is 1. The number of fused-ring (bicyclic) bond motifs is 2. The number of sulfonamides is 1. The molecule has 204 valence electrons. The lowest BCUT2D eigenvalue weighted by molar-refractivity contribution is 0.0986. The van der Waals surface area contributed by atoms with Gasteiger partial charge in [0.25, 0.3) is 5.91 Å². The molecule has 2 aliphatic rings. The van der Waals surface area contributed by atoms with E-state index in [2.05, 4.69) is 4.90 Å². The van der Waals surface area contributed by atoms with Gasteiger partial charge in [0.1, 0.15) is 0 Å². The van der Waals surface area contributed by atoms with Crippen LogP contribution in [0.5, 0.6) is 11.5 Å². The first kappa shape index (κ1) is 26.9. The molecule has 2 aromatic carbocycles. The second-order valence-electron chi connectivity index (χ2n) is 9.98. The molecule has 0 radical (unpaired) electrons. The van der Waals surface area contributed by atoms with E-state index in [0.717, 1.165) is 48.9 Å². The number of hydrogen-bond acceptors (Lipinski definition) is 8. The maximum Gasteiger partial charge on any atom is 0.260 e. The first-order valence-corrected chi connectivity index (χ1v) is 15.3. The number of benzene rings is 2. The smallest absolute Gasteiger partial charge is 0.260 e. The second kappa shape index (κ2) is 11.2. The summed E-state index contributed by atoms with van der Waals surface area (Å²) in [6.45, 7) is 4.06. The van der Waals surface area contributed by atoms with E-state index in [1.807, 2.05) is 33.2 Å². The second-order valence-corrected chi connectivity index (χ2v) is 12.9. The van der Waals surface area contributed by atoms with E-state index >= 15 is 0 Å². The molecule has 1 atom stereocenters. The van der Waals surface area contributed by atoms with Crippen LogP contribution in [0.2, 0.25) is 0 Å². The number of carbonyl (C=O) groups is 1. The Morgan fingerprint density at radius 2 is 1.84 bits per heavy atom. The molecule has 1 saturated heterocycles. The Balaban J connectivity index is 1.41. The van der Waals surface area contributed by atoms with Crippen molar-refractivity contribution >= 4 is 42.6 Å². The molecule has 0 unspecified atom stereocenters. The largest absolute Gasteiger partial charge is 0.454 e. The number of piperidine rings is 1. The van der Waals surface area contributed by atoms with Gasteiger partial charge >= 0.3 is 0 Å². The van der Waals surface area contributed by atoms with E-state index in [1.165, 1.54) is 11.3 Å². The van der Waals surface area contributed by atoms with Crippen LogP contribution in [-0.4, -0.2) is 75.1 Å². The summed E-state index contributed by atoms with van der Waals surface area (Å²) < 4.78 is 40.3. The fraction of sp³-hybridized carbons (Fsp3) is 0.481. The summed E-state index contributed by atoms with van der Waals surface area (Å²) in [5, 5.41) is 0.586. The highest BCUT2D eigenvalue weighted by molar-refractivity contribution is 7.89. The summed E-state index contributed by atoms with van der Waals surface area (Å²) in [7, 11) is 0.377. The molecule has 0 aliphatic carbocycles. The third-order valence-electron chi connectivity index (χ3n) is 7.09. The number of nitrogens with zero attached hydrogens (tertiary/aromatic N) is 4. The molecule has 0 saturated carbocycles. The Morgan fingerprint density at radius 3 is 2.55 bits per heavy atom. The number of anilines is 1. The van der Waals surface area contributed by atoms with Crippen molar-refractivity contribution in [3.8, 4) is 11.5 Å². The fourth-order valence-corrected chi connectivity index (χ4v) is 7.78. The number of rotatable bonds is 9. The van der Waals surface area contributed by atoms with E-state index in [9.17, 15) is 13.2 Å². The molecular weight excluding hydrogens is 524 g/mol. The molecule has 1 aromatic heterocycles. The van der Waals surface area contributed by atoms with E-state index in [4.69, 9.17) is 14.5 Å². The summed E-state index contributed by atoms with van der Waals surface area (Å²) in [6, 6.07) is 10.1. The van der Waals surface area contributed by atoms with Gasteiger partial charge in [-0.15, -0.1) is 0 Å². The lowest BCUT2D eigenvalue weighted by Crippen LogP contribution is -2.43. The highest BCUT2D eigenvalue weighted by Gasteiger charge is 2.33. The monoisotopic (exact) mass is 558 g/mol. The minimum atomic E-state index is -3.62. The molecule has 5 rings (SSSR count). The summed E-state index contributed by atoms with van der Waals surface area (Å²) in [5.41, 5.74) is 1.17.